The fourth-order valence-electron chi connectivity index (χ4n) is 4.89. The van der Waals surface area contributed by atoms with Crippen molar-refractivity contribution < 1.29 is 9.53 Å². The number of Topliss-reactive ketones (excluding diaryl/α,β-unsaturated/α-hetero) is 1. The van der Waals surface area contributed by atoms with E-state index >= 15 is 0 Å². The standard InChI is InChI=1S/C24H29BrN6O2/c1-33-11-10-31-14-19-22(21-18-13-17(25)3-2-16(18)12-20(21)32)28-24(29-23(19)30-31)27-9-6-15-4-7-26-8-5-15/h2-3,13-15,21,26H,4-12H2,1H3,(H,27,29,30). The van der Waals surface area contributed by atoms with Gasteiger partial charge in [0.1, 0.15) is 0 Å². The first kappa shape index (κ1) is 22.4. The largest absolute Gasteiger partial charge is 0.383 e. The van der Waals surface area contributed by atoms with E-state index < -0.39 is 5.92 Å². The number of ketones is 1. The molecule has 9 heteroatoms. The molecule has 2 aliphatic rings. The maximum Gasteiger partial charge on any atom is 0.225 e. The molecule has 0 radical (unpaired) electrons. The Bertz CT molecular complexity index is 1160. The summed E-state index contributed by atoms with van der Waals surface area (Å²) in [5.41, 5.74) is 3.42. The molecule has 1 aliphatic carbocycles. The molecule has 33 heavy (non-hydrogen) atoms. The van der Waals surface area contributed by atoms with E-state index in [0.717, 1.165) is 58.7 Å². The number of carbonyl (C=O) groups excluding carboxylic acids is 1. The van der Waals surface area contributed by atoms with Crippen LogP contribution in [-0.4, -0.2) is 58.9 Å². The van der Waals surface area contributed by atoms with Crippen molar-refractivity contribution in [3.63, 3.8) is 0 Å². The Labute approximate surface area is 201 Å². The second-order valence-electron chi connectivity index (χ2n) is 8.88. The van der Waals surface area contributed by atoms with Gasteiger partial charge in [-0.15, -0.1) is 0 Å². The van der Waals surface area contributed by atoms with Crippen molar-refractivity contribution in [3.8, 4) is 0 Å². The number of halogens is 1. The van der Waals surface area contributed by atoms with E-state index in [1.807, 2.05) is 29.1 Å². The highest BCUT2D eigenvalue weighted by molar-refractivity contribution is 9.10. The fourth-order valence-corrected chi connectivity index (χ4v) is 5.27. The number of rotatable bonds is 8. The number of aromatic nitrogens is 4. The Morgan fingerprint density at radius 3 is 2.94 bits per heavy atom. The van der Waals surface area contributed by atoms with E-state index in [-0.39, 0.29) is 5.78 Å². The summed E-state index contributed by atoms with van der Waals surface area (Å²) in [4.78, 5) is 22.7. The van der Waals surface area contributed by atoms with Crippen LogP contribution < -0.4 is 10.6 Å². The van der Waals surface area contributed by atoms with Crippen LogP contribution in [0.5, 0.6) is 0 Å². The van der Waals surface area contributed by atoms with Crippen molar-refractivity contribution in [3.05, 3.63) is 45.7 Å². The van der Waals surface area contributed by atoms with Crippen LogP contribution in [0.4, 0.5) is 5.95 Å². The third-order valence-corrected chi connectivity index (χ3v) is 7.15. The first-order chi connectivity index (χ1) is 16.1. The molecular formula is C24H29BrN6O2. The van der Waals surface area contributed by atoms with Gasteiger partial charge >= 0.3 is 0 Å². The summed E-state index contributed by atoms with van der Waals surface area (Å²) >= 11 is 3.56. The van der Waals surface area contributed by atoms with Gasteiger partial charge in [-0.25, -0.2) is 4.98 Å². The Kier molecular flexibility index (Phi) is 6.71. The van der Waals surface area contributed by atoms with Gasteiger partial charge in [0.2, 0.25) is 5.95 Å². The molecule has 1 atom stereocenters. The van der Waals surface area contributed by atoms with Gasteiger partial charge in [0.15, 0.2) is 11.4 Å². The molecule has 1 fully saturated rings. The number of nitrogens with zero attached hydrogens (tertiary/aromatic N) is 4. The second kappa shape index (κ2) is 9.87. The average molecular weight is 513 g/mol. The summed E-state index contributed by atoms with van der Waals surface area (Å²) in [5, 5.41) is 12.3. The zero-order valence-corrected chi connectivity index (χ0v) is 20.4. The fraction of sp³-hybridized carbons (Fsp3) is 0.500. The molecule has 2 N–H and O–H groups in total. The van der Waals surface area contributed by atoms with Crippen molar-refractivity contribution in [2.45, 2.75) is 38.1 Å². The monoisotopic (exact) mass is 512 g/mol. The quantitative estimate of drug-likeness (QED) is 0.478. The summed E-state index contributed by atoms with van der Waals surface area (Å²) < 4.78 is 8.00. The van der Waals surface area contributed by atoms with Crippen LogP contribution in [0.1, 0.15) is 42.0 Å². The van der Waals surface area contributed by atoms with Crippen LogP contribution in [0.2, 0.25) is 0 Å². The molecule has 174 valence electrons. The highest BCUT2D eigenvalue weighted by Crippen LogP contribution is 2.39. The normalized spacial score (nSPS) is 18.7. The van der Waals surface area contributed by atoms with Gasteiger partial charge in [-0.1, -0.05) is 22.0 Å². The zero-order valence-electron chi connectivity index (χ0n) is 18.8. The molecule has 1 aromatic carbocycles. The minimum Gasteiger partial charge on any atom is -0.383 e. The number of fused-ring (bicyclic) bond motifs is 2. The molecule has 1 saturated heterocycles. The summed E-state index contributed by atoms with van der Waals surface area (Å²) in [7, 11) is 1.67. The Hall–Kier alpha value is -2.36. The topological polar surface area (TPSA) is 94.0 Å². The predicted molar refractivity (Wildman–Crippen MR) is 131 cm³/mol. The number of hydrogen-bond acceptors (Lipinski definition) is 7. The number of benzene rings is 1. The van der Waals surface area contributed by atoms with Gasteiger partial charge < -0.3 is 15.4 Å². The average Bonchev–Trinajstić information content (AvgIpc) is 3.37. The lowest BCUT2D eigenvalue weighted by molar-refractivity contribution is -0.118. The van der Waals surface area contributed by atoms with Crippen molar-refractivity contribution in [2.75, 3.05) is 38.7 Å². The lowest BCUT2D eigenvalue weighted by Crippen LogP contribution is -2.28. The third kappa shape index (κ3) is 4.81. The van der Waals surface area contributed by atoms with Crippen molar-refractivity contribution in [1.29, 1.82) is 0 Å². The van der Waals surface area contributed by atoms with E-state index in [1.54, 1.807) is 7.11 Å². The molecule has 1 unspecified atom stereocenters. The molecule has 0 spiro atoms. The van der Waals surface area contributed by atoms with Gasteiger partial charge in [0.05, 0.1) is 30.1 Å². The Balaban J connectivity index is 1.48. The van der Waals surface area contributed by atoms with E-state index in [9.17, 15) is 4.79 Å². The maximum absolute atomic E-state index is 13.1. The number of piperidine rings is 1. The lowest BCUT2D eigenvalue weighted by Gasteiger charge is -2.22. The molecule has 0 bridgehead atoms. The van der Waals surface area contributed by atoms with Crippen LogP contribution in [-0.2, 0) is 22.5 Å². The van der Waals surface area contributed by atoms with Crippen LogP contribution in [0.15, 0.2) is 28.9 Å². The summed E-state index contributed by atoms with van der Waals surface area (Å²) in [6.45, 7) is 4.16. The van der Waals surface area contributed by atoms with Crippen LogP contribution >= 0.6 is 15.9 Å². The molecule has 0 saturated carbocycles. The van der Waals surface area contributed by atoms with Crippen molar-refractivity contribution in [2.24, 2.45) is 5.92 Å². The molecule has 5 rings (SSSR count). The third-order valence-electron chi connectivity index (χ3n) is 6.65. The number of carbonyl (C=O) groups is 1. The first-order valence-electron chi connectivity index (χ1n) is 11.6. The molecule has 1 aliphatic heterocycles. The minimum atomic E-state index is -0.409. The lowest BCUT2D eigenvalue weighted by atomic mass is 9.94. The smallest absolute Gasteiger partial charge is 0.225 e. The molecule has 3 heterocycles. The van der Waals surface area contributed by atoms with E-state index in [2.05, 4.69) is 36.6 Å². The minimum absolute atomic E-state index is 0.161. The zero-order chi connectivity index (χ0) is 22.8. The van der Waals surface area contributed by atoms with E-state index in [1.165, 1.54) is 12.8 Å². The summed E-state index contributed by atoms with van der Waals surface area (Å²) in [6.07, 6.45) is 5.86. The molecule has 3 aromatic rings. The summed E-state index contributed by atoms with van der Waals surface area (Å²) in [6, 6.07) is 6.05. The van der Waals surface area contributed by atoms with Gasteiger partial charge in [0, 0.05) is 30.7 Å². The number of nitrogens with one attached hydrogen (secondary N) is 2. The van der Waals surface area contributed by atoms with Crippen molar-refractivity contribution in [1.82, 2.24) is 25.1 Å². The molecular weight excluding hydrogens is 484 g/mol. The number of ether oxygens (including phenoxy) is 1. The van der Waals surface area contributed by atoms with Crippen LogP contribution in [0.3, 0.4) is 0 Å². The molecule has 2 aromatic heterocycles. The first-order valence-corrected chi connectivity index (χ1v) is 12.4. The number of hydrogen-bond donors (Lipinski definition) is 2. The van der Waals surface area contributed by atoms with Gasteiger partial charge in [-0.05, 0) is 61.5 Å². The maximum atomic E-state index is 13.1. The van der Waals surface area contributed by atoms with E-state index in [0.29, 0.717) is 31.2 Å². The Morgan fingerprint density at radius 2 is 2.12 bits per heavy atom. The highest BCUT2D eigenvalue weighted by atomic mass is 79.9. The molecule has 8 nitrogen and oxygen atoms in total. The predicted octanol–water partition coefficient (Wildman–Crippen LogP) is 3.29. The second-order valence-corrected chi connectivity index (χ2v) is 9.80. The molecule has 0 amide bonds. The van der Waals surface area contributed by atoms with Crippen molar-refractivity contribution >= 4 is 38.7 Å². The van der Waals surface area contributed by atoms with Gasteiger partial charge in [0.25, 0.3) is 0 Å². The van der Waals surface area contributed by atoms with Gasteiger partial charge in [-0.3, -0.25) is 9.48 Å². The SMILES string of the molecule is COCCn1cc2c(C3C(=O)Cc4ccc(Br)cc43)nc(NCCC3CCNCC3)nc2n1. The summed E-state index contributed by atoms with van der Waals surface area (Å²) in [5.74, 6) is 1.01. The number of methoxy groups -OCH3 is 1. The van der Waals surface area contributed by atoms with Crippen LogP contribution in [0.25, 0.3) is 11.0 Å². The number of anilines is 1. The Morgan fingerprint density at radius 1 is 1.27 bits per heavy atom. The highest BCUT2D eigenvalue weighted by Gasteiger charge is 2.35. The van der Waals surface area contributed by atoms with E-state index in [4.69, 9.17) is 9.72 Å². The van der Waals surface area contributed by atoms with Crippen LogP contribution in [0, 0.1) is 5.92 Å². The van der Waals surface area contributed by atoms with Gasteiger partial charge in [-0.2, -0.15) is 10.1 Å².